The van der Waals surface area contributed by atoms with Gasteiger partial charge in [-0.1, -0.05) is 6.58 Å². The molecule has 0 saturated heterocycles. The molecule has 0 aromatic carbocycles. The van der Waals surface area contributed by atoms with Crippen molar-refractivity contribution in [1.82, 2.24) is 9.97 Å². The smallest absolute Gasteiger partial charge is 0.337 e. The normalized spacial score (nSPS) is 9.20. The second kappa shape index (κ2) is 2.34. The Hall–Kier alpha value is -1.58. The van der Waals surface area contributed by atoms with Gasteiger partial charge in [-0.2, -0.15) is 0 Å². The van der Waals surface area contributed by atoms with Crippen molar-refractivity contribution in [2.45, 2.75) is 0 Å². The van der Waals surface area contributed by atoms with Gasteiger partial charge in [0.05, 0.1) is 23.8 Å². The summed E-state index contributed by atoms with van der Waals surface area (Å²) in [5.74, 6) is -1.04. The molecule has 0 saturated carbocycles. The van der Waals surface area contributed by atoms with E-state index in [0.717, 1.165) is 0 Å². The van der Waals surface area contributed by atoms with E-state index < -0.39 is 5.97 Å². The highest BCUT2D eigenvalue weighted by Crippen LogP contribution is 2.06. The van der Waals surface area contributed by atoms with Crippen molar-refractivity contribution >= 4 is 11.5 Å². The summed E-state index contributed by atoms with van der Waals surface area (Å²) in [6.07, 6.45) is 2.82. The van der Waals surface area contributed by atoms with Crippen LogP contribution < -0.4 is 0 Å². The first-order valence-electron chi connectivity index (χ1n) is 2.63. The van der Waals surface area contributed by atoms with Gasteiger partial charge in [-0.3, -0.25) is 0 Å². The molecule has 0 fully saturated rings. The van der Waals surface area contributed by atoms with E-state index in [1.165, 1.54) is 12.5 Å². The Bertz CT molecular complexity index is 251. The van der Waals surface area contributed by atoms with Gasteiger partial charge in [0.2, 0.25) is 0 Å². The van der Waals surface area contributed by atoms with Gasteiger partial charge >= 0.3 is 5.97 Å². The van der Waals surface area contributed by atoms with Gasteiger partial charge in [0.25, 0.3) is 0 Å². The molecule has 2 N–H and O–H groups in total. The second-order valence-corrected chi connectivity index (χ2v) is 1.75. The van der Waals surface area contributed by atoms with Crippen molar-refractivity contribution in [2.24, 2.45) is 0 Å². The van der Waals surface area contributed by atoms with Crippen molar-refractivity contribution in [2.75, 3.05) is 0 Å². The molecule has 10 heavy (non-hydrogen) atoms. The third-order valence-corrected chi connectivity index (χ3v) is 1.08. The molecule has 4 heteroatoms. The fraction of sp³-hybridized carbons (Fsp3) is 0. The highest BCUT2D eigenvalue weighted by atomic mass is 16.4. The number of aromatic amines is 1. The number of carbonyl (C=O) groups is 1. The first kappa shape index (κ1) is 6.54. The van der Waals surface area contributed by atoms with E-state index >= 15 is 0 Å². The molecule has 0 radical (unpaired) electrons. The summed E-state index contributed by atoms with van der Waals surface area (Å²) in [5.41, 5.74) is 0.463. The van der Waals surface area contributed by atoms with E-state index in [9.17, 15) is 4.79 Å². The highest BCUT2D eigenvalue weighted by molar-refractivity contribution is 6.13. The predicted octanol–water partition coefficient (Wildman–Crippen LogP) is 0.507. The van der Waals surface area contributed by atoms with E-state index in [1.807, 2.05) is 0 Å². The summed E-state index contributed by atoms with van der Waals surface area (Å²) in [7, 11) is 0. The minimum atomic E-state index is -1.04. The maximum absolute atomic E-state index is 10.3. The quantitative estimate of drug-likeness (QED) is 0.585. The summed E-state index contributed by atoms with van der Waals surface area (Å²) in [5, 5.41) is 8.41. The lowest BCUT2D eigenvalue weighted by molar-refractivity contribution is -0.130. The SMILES string of the molecule is C=C(C(=O)O)c1cnc[nH]1. The van der Waals surface area contributed by atoms with Gasteiger partial charge < -0.3 is 10.1 Å². The van der Waals surface area contributed by atoms with Crippen LogP contribution in [-0.2, 0) is 4.79 Å². The molecule has 0 aliphatic heterocycles. The first-order valence-corrected chi connectivity index (χ1v) is 2.63. The predicted molar refractivity (Wildman–Crippen MR) is 35.3 cm³/mol. The summed E-state index contributed by atoms with van der Waals surface area (Å²) >= 11 is 0. The molecule has 0 spiro atoms. The zero-order valence-corrected chi connectivity index (χ0v) is 5.16. The maximum Gasteiger partial charge on any atom is 0.337 e. The average molecular weight is 138 g/mol. The number of rotatable bonds is 2. The lowest BCUT2D eigenvalue weighted by atomic mass is 10.2. The van der Waals surface area contributed by atoms with Gasteiger partial charge in [0.15, 0.2) is 0 Å². The Balaban J connectivity index is 2.88. The Labute approximate surface area is 57.2 Å². The van der Waals surface area contributed by atoms with Gasteiger partial charge in [-0.05, 0) is 0 Å². The third kappa shape index (κ3) is 1.05. The summed E-state index contributed by atoms with van der Waals surface area (Å²) in [6.45, 7) is 3.33. The van der Waals surface area contributed by atoms with Crippen LogP contribution in [-0.4, -0.2) is 21.0 Å². The number of aromatic nitrogens is 2. The molecule has 0 aliphatic rings. The molecular weight excluding hydrogens is 132 g/mol. The fourth-order valence-electron chi connectivity index (χ4n) is 0.536. The van der Waals surface area contributed by atoms with E-state index in [2.05, 4.69) is 16.5 Å². The van der Waals surface area contributed by atoms with Crippen molar-refractivity contribution in [3.8, 4) is 0 Å². The van der Waals surface area contributed by atoms with Gasteiger partial charge in [-0.15, -0.1) is 0 Å². The van der Waals surface area contributed by atoms with Crippen molar-refractivity contribution < 1.29 is 9.90 Å². The number of carboxylic acid groups (broad SMARTS) is 1. The van der Waals surface area contributed by atoms with Crippen LogP contribution in [0.4, 0.5) is 0 Å². The van der Waals surface area contributed by atoms with E-state index in [-0.39, 0.29) is 5.57 Å². The van der Waals surface area contributed by atoms with Crippen LogP contribution in [0.2, 0.25) is 0 Å². The number of nitrogens with one attached hydrogen (secondary N) is 1. The molecule has 1 aromatic rings. The number of nitrogens with zero attached hydrogens (tertiary/aromatic N) is 1. The molecule has 52 valence electrons. The molecule has 4 nitrogen and oxygen atoms in total. The topological polar surface area (TPSA) is 66.0 Å². The molecule has 0 bridgehead atoms. The Morgan fingerprint density at radius 2 is 2.50 bits per heavy atom. The minimum absolute atomic E-state index is 0.0255. The molecule has 0 atom stereocenters. The number of H-pyrrole nitrogens is 1. The lowest BCUT2D eigenvalue weighted by Crippen LogP contribution is -1.97. The first-order chi connectivity index (χ1) is 4.72. The second-order valence-electron chi connectivity index (χ2n) is 1.75. The van der Waals surface area contributed by atoms with Crippen LogP contribution >= 0.6 is 0 Å². The molecule has 1 rings (SSSR count). The molecular formula is C6H6N2O2. The lowest BCUT2D eigenvalue weighted by Gasteiger charge is -1.91. The van der Waals surface area contributed by atoms with E-state index in [0.29, 0.717) is 5.69 Å². The van der Waals surface area contributed by atoms with Crippen LogP contribution in [0.5, 0.6) is 0 Å². The summed E-state index contributed by atoms with van der Waals surface area (Å²) in [4.78, 5) is 16.5. The van der Waals surface area contributed by atoms with Crippen LogP contribution in [0.1, 0.15) is 5.69 Å². The zero-order chi connectivity index (χ0) is 7.56. The number of aliphatic carboxylic acids is 1. The third-order valence-electron chi connectivity index (χ3n) is 1.08. The molecule has 1 aromatic heterocycles. The summed E-state index contributed by atoms with van der Waals surface area (Å²) < 4.78 is 0. The highest BCUT2D eigenvalue weighted by Gasteiger charge is 2.06. The number of imidazole rings is 1. The molecule has 0 amide bonds. The van der Waals surface area contributed by atoms with Crippen LogP contribution in [0.25, 0.3) is 5.57 Å². The summed E-state index contributed by atoms with van der Waals surface area (Å²) in [6, 6.07) is 0. The average Bonchev–Trinajstić information content (AvgIpc) is 2.36. The van der Waals surface area contributed by atoms with Gasteiger partial charge in [0.1, 0.15) is 0 Å². The van der Waals surface area contributed by atoms with Crippen LogP contribution in [0, 0.1) is 0 Å². The van der Waals surface area contributed by atoms with E-state index in [1.54, 1.807) is 0 Å². The Kier molecular flexibility index (Phi) is 1.53. The van der Waals surface area contributed by atoms with Crippen molar-refractivity contribution in [3.63, 3.8) is 0 Å². The number of hydrogen-bond donors (Lipinski definition) is 2. The van der Waals surface area contributed by atoms with E-state index in [4.69, 9.17) is 5.11 Å². The Morgan fingerprint density at radius 3 is 2.90 bits per heavy atom. The zero-order valence-electron chi connectivity index (χ0n) is 5.16. The van der Waals surface area contributed by atoms with Crippen molar-refractivity contribution in [3.05, 3.63) is 24.8 Å². The fourth-order valence-corrected chi connectivity index (χ4v) is 0.536. The number of carboxylic acids is 1. The van der Waals surface area contributed by atoms with Crippen LogP contribution in [0.3, 0.4) is 0 Å². The largest absolute Gasteiger partial charge is 0.478 e. The Morgan fingerprint density at radius 1 is 1.80 bits per heavy atom. The van der Waals surface area contributed by atoms with Gasteiger partial charge in [0, 0.05) is 0 Å². The van der Waals surface area contributed by atoms with Crippen molar-refractivity contribution in [1.29, 1.82) is 0 Å². The molecule has 0 unspecified atom stereocenters. The molecule has 1 heterocycles. The monoisotopic (exact) mass is 138 g/mol. The standard InChI is InChI=1S/C6H6N2O2/c1-4(6(9)10)5-2-7-3-8-5/h2-3H,1H2,(H,7,8)(H,9,10). The van der Waals surface area contributed by atoms with Gasteiger partial charge in [-0.25, -0.2) is 9.78 Å². The number of hydrogen-bond acceptors (Lipinski definition) is 2. The van der Waals surface area contributed by atoms with Crippen LogP contribution in [0.15, 0.2) is 19.1 Å². The minimum Gasteiger partial charge on any atom is -0.478 e. The molecule has 0 aliphatic carbocycles. The maximum atomic E-state index is 10.3.